The van der Waals surface area contributed by atoms with E-state index in [2.05, 4.69) is 6.07 Å². The zero-order valence-corrected chi connectivity index (χ0v) is 16.1. The Morgan fingerprint density at radius 3 is 1.43 bits per heavy atom. The molecule has 117 valence electrons. The van der Waals surface area contributed by atoms with Gasteiger partial charge in [-0.25, -0.2) is 0 Å². The predicted molar refractivity (Wildman–Crippen MR) is 69.6 cm³/mol. The molecular formula is C13H16O7Pb-3. The van der Waals surface area contributed by atoms with Gasteiger partial charge in [0.05, 0.1) is 7.11 Å². The standard InChI is InChI=1S/C7H7O.3C2H4O2.Pb/c1-8-7-5-3-2-4-6-7;3*1-2(3)4;/h2-5H,1H3;3*1H3,(H,3,4);/p-3. The van der Waals surface area contributed by atoms with Gasteiger partial charge >= 0.3 is 0 Å². The van der Waals surface area contributed by atoms with Gasteiger partial charge in [-0.1, -0.05) is 18.2 Å². The second kappa shape index (κ2) is 20.7. The molecular weight excluding hydrogens is 475 g/mol. The van der Waals surface area contributed by atoms with Crippen LogP contribution in [0.4, 0.5) is 0 Å². The van der Waals surface area contributed by atoms with E-state index in [1.165, 1.54) is 0 Å². The number of rotatable bonds is 1. The summed E-state index contributed by atoms with van der Waals surface area (Å²) in [6.45, 7) is 2.92. The Bertz CT molecular complexity index is 339. The Balaban J connectivity index is -0.0000000973. The number of aliphatic carboxylic acids is 3. The Morgan fingerprint density at radius 1 is 0.952 bits per heavy atom. The quantitative estimate of drug-likeness (QED) is 0.394. The van der Waals surface area contributed by atoms with Crippen molar-refractivity contribution in [1.82, 2.24) is 0 Å². The molecule has 0 aliphatic heterocycles. The Morgan fingerprint density at radius 2 is 1.29 bits per heavy atom. The van der Waals surface area contributed by atoms with E-state index >= 15 is 0 Å². The summed E-state index contributed by atoms with van der Waals surface area (Å²) < 4.78 is 4.86. The molecule has 7 nitrogen and oxygen atoms in total. The van der Waals surface area contributed by atoms with Crippen LogP contribution in [0.25, 0.3) is 0 Å². The smallest absolute Gasteiger partial charge is 0.126 e. The second-order valence-corrected chi connectivity index (χ2v) is 2.91. The molecule has 1 rings (SSSR count). The van der Waals surface area contributed by atoms with Crippen molar-refractivity contribution in [2.45, 2.75) is 20.8 Å². The van der Waals surface area contributed by atoms with Gasteiger partial charge in [-0.3, -0.25) is 0 Å². The Labute approximate surface area is 143 Å². The molecule has 1 aromatic carbocycles. The molecule has 0 bridgehead atoms. The number of para-hydroxylation sites is 1. The van der Waals surface area contributed by atoms with Crippen LogP contribution in [0.1, 0.15) is 20.8 Å². The largest absolute Gasteiger partial charge is 0.550 e. The van der Waals surface area contributed by atoms with Crippen LogP contribution in [0.5, 0.6) is 5.75 Å². The summed E-state index contributed by atoms with van der Waals surface area (Å²) in [5, 5.41) is 26.7. The van der Waals surface area contributed by atoms with Crippen LogP contribution in [0.2, 0.25) is 0 Å². The summed E-state index contributed by atoms with van der Waals surface area (Å²) in [5.41, 5.74) is 0. The van der Waals surface area contributed by atoms with Gasteiger partial charge in [0.1, 0.15) is 5.75 Å². The SMILES string of the molecule is CC(=O)[O-].CC(=O)[O-].CC(=O)[O-].COc1[c]cccc1.[Pb]. The van der Waals surface area contributed by atoms with Crippen LogP contribution in [0.3, 0.4) is 0 Å². The molecule has 0 saturated heterocycles. The number of carbonyl (C=O) groups excluding carboxylic acids is 3. The fraction of sp³-hybridized carbons (Fsp3) is 0.308. The van der Waals surface area contributed by atoms with E-state index < -0.39 is 17.9 Å². The van der Waals surface area contributed by atoms with Gasteiger partial charge in [-0.15, -0.1) is 0 Å². The average molecular weight is 491 g/mol. The van der Waals surface area contributed by atoms with Gasteiger partial charge in [-0.05, 0) is 26.8 Å². The van der Waals surface area contributed by atoms with Crippen molar-refractivity contribution >= 4 is 45.2 Å². The molecule has 0 spiro atoms. The predicted octanol–water partition coefficient (Wildman–Crippen LogP) is -2.62. The van der Waals surface area contributed by atoms with E-state index in [1.54, 1.807) is 7.11 Å². The van der Waals surface area contributed by atoms with Crippen LogP contribution in [-0.2, 0) is 14.4 Å². The first-order chi connectivity index (χ1) is 9.13. The summed E-state index contributed by atoms with van der Waals surface area (Å²) in [4.78, 5) is 26.7. The van der Waals surface area contributed by atoms with E-state index in [1.807, 2.05) is 24.3 Å². The third kappa shape index (κ3) is 70.3. The number of hydrogen-bond acceptors (Lipinski definition) is 7. The molecule has 0 unspecified atom stereocenters. The summed E-state index contributed by atoms with van der Waals surface area (Å²) >= 11 is 0. The van der Waals surface area contributed by atoms with E-state index in [0.29, 0.717) is 0 Å². The van der Waals surface area contributed by atoms with Crippen molar-refractivity contribution in [1.29, 1.82) is 0 Å². The Hall–Kier alpha value is -1.65. The summed E-state index contributed by atoms with van der Waals surface area (Å²) in [6, 6.07) is 10.4. The Kier molecular flexibility index (Phi) is 27.2. The number of methoxy groups -OCH3 is 1. The van der Waals surface area contributed by atoms with Crippen LogP contribution in [0.15, 0.2) is 24.3 Å². The van der Waals surface area contributed by atoms with Crippen molar-refractivity contribution < 1.29 is 34.4 Å². The van der Waals surface area contributed by atoms with E-state index in [4.69, 9.17) is 34.4 Å². The molecule has 8 heteroatoms. The monoisotopic (exact) mass is 492 g/mol. The maximum absolute atomic E-state index is 8.89. The van der Waals surface area contributed by atoms with Crippen molar-refractivity contribution in [3.8, 4) is 5.75 Å². The second-order valence-electron chi connectivity index (χ2n) is 2.91. The summed E-state index contributed by atoms with van der Waals surface area (Å²) in [6.07, 6.45) is 0. The number of carboxylic acid groups (broad SMARTS) is 3. The van der Waals surface area contributed by atoms with Gasteiger partial charge < -0.3 is 34.4 Å². The molecule has 5 radical (unpaired) electrons. The van der Waals surface area contributed by atoms with Crippen molar-refractivity contribution in [3.63, 3.8) is 0 Å². The summed E-state index contributed by atoms with van der Waals surface area (Å²) in [7, 11) is 1.63. The van der Waals surface area contributed by atoms with Crippen molar-refractivity contribution in [2.75, 3.05) is 7.11 Å². The normalized spacial score (nSPS) is 6.86. The van der Waals surface area contributed by atoms with Crippen LogP contribution in [-0.4, -0.2) is 52.3 Å². The first-order valence-corrected chi connectivity index (χ1v) is 5.16. The molecule has 0 heterocycles. The maximum Gasteiger partial charge on any atom is 0.126 e. The van der Waals surface area contributed by atoms with E-state index in [-0.39, 0.29) is 27.3 Å². The molecule has 0 saturated carbocycles. The summed E-state index contributed by atoms with van der Waals surface area (Å²) in [5.74, 6) is -2.47. The minimum atomic E-state index is -1.08. The van der Waals surface area contributed by atoms with E-state index in [9.17, 15) is 0 Å². The first kappa shape index (κ1) is 27.7. The third-order valence-electron chi connectivity index (χ3n) is 0.900. The van der Waals surface area contributed by atoms with Crippen molar-refractivity contribution in [2.24, 2.45) is 0 Å². The van der Waals surface area contributed by atoms with Gasteiger partial charge in [0.15, 0.2) is 0 Å². The molecule has 0 aliphatic rings. The van der Waals surface area contributed by atoms with Crippen LogP contribution in [0, 0.1) is 6.07 Å². The fourth-order valence-corrected chi connectivity index (χ4v) is 0.504. The van der Waals surface area contributed by atoms with Gasteiger partial charge in [0.2, 0.25) is 0 Å². The molecule has 21 heavy (non-hydrogen) atoms. The molecule has 0 N–H and O–H groups in total. The number of hydrogen-bond donors (Lipinski definition) is 0. The zero-order valence-electron chi connectivity index (χ0n) is 12.2. The topological polar surface area (TPSA) is 130 Å². The van der Waals surface area contributed by atoms with Crippen LogP contribution < -0.4 is 20.1 Å². The van der Waals surface area contributed by atoms with Gasteiger partial charge in [0.25, 0.3) is 0 Å². The molecule has 0 atom stereocenters. The van der Waals surface area contributed by atoms with Gasteiger partial charge in [-0.2, -0.15) is 0 Å². The number of ether oxygens (including phenoxy) is 1. The molecule has 0 fully saturated rings. The van der Waals surface area contributed by atoms with Gasteiger partial charge in [0, 0.05) is 51.3 Å². The fourth-order valence-electron chi connectivity index (χ4n) is 0.504. The molecule has 0 aromatic heterocycles. The minimum Gasteiger partial charge on any atom is -0.550 e. The minimum absolute atomic E-state index is 0. The maximum atomic E-state index is 8.89. The van der Waals surface area contributed by atoms with Crippen molar-refractivity contribution in [3.05, 3.63) is 30.3 Å². The molecule has 1 aromatic rings. The number of carboxylic acids is 3. The van der Waals surface area contributed by atoms with Crippen LogP contribution >= 0.6 is 0 Å². The average Bonchev–Trinajstić information content (AvgIpc) is 2.28. The number of carbonyl (C=O) groups is 3. The van der Waals surface area contributed by atoms with E-state index in [0.717, 1.165) is 26.5 Å². The molecule has 0 amide bonds. The first-order valence-electron chi connectivity index (χ1n) is 5.16. The number of benzene rings is 1. The third-order valence-corrected chi connectivity index (χ3v) is 0.900. The zero-order chi connectivity index (χ0) is 16.6. The molecule has 0 aliphatic carbocycles.